The van der Waals surface area contributed by atoms with Crippen molar-refractivity contribution < 1.29 is 4.42 Å². The van der Waals surface area contributed by atoms with Crippen LogP contribution in [0.2, 0.25) is 0 Å². The number of hydrogen-bond donors (Lipinski definition) is 0. The van der Waals surface area contributed by atoms with Gasteiger partial charge in [-0.3, -0.25) is 9.98 Å². The van der Waals surface area contributed by atoms with Crippen molar-refractivity contribution in [1.82, 2.24) is 9.66 Å². The van der Waals surface area contributed by atoms with E-state index in [-0.39, 0.29) is 6.04 Å². The van der Waals surface area contributed by atoms with Crippen molar-refractivity contribution in [2.75, 3.05) is 0 Å². The van der Waals surface area contributed by atoms with Gasteiger partial charge in [-0.25, -0.2) is 4.68 Å². The van der Waals surface area contributed by atoms with Crippen LogP contribution in [0.1, 0.15) is 19.4 Å². The molecule has 0 aliphatic rings. The third-order valence-electron chi connectivity index (χ3n) is 2.86. The molecule has 3 heterocycles. The first-order chi connectivity index (χ1) is 10.7. The van der Waals surface area contributed by atoms with Crippen molar-refractivity contribution in [2.45, 2.75) is 19.9 Å². The van der Waals surface area contributed by atoms with Crippen molar-refractivity contribution in [1.29, 1.82) is 0 Å². The van der Waals surface area contributed by atoms with Crippen LogP contribution in [0.25, 0.3) is 11.5 Å². The average molecular weight is 312 g/mol. The van der Waals surface area contributed by atoms with Crippen LogP contribution in [-0.4, -0.2) is 21.9 Å². The number of hydrogen-bond acceptors (Lipinski definition) is 5. The van der Waals surface area contributed by atoms with Crippen LogP contribution >= 0.6 is 11.3 Å². The van der Waals surface area contributed by atoms with Gasteiger partial charge in [-0.1, -0.05) is 0 Å². The smallest absolute Gasteiger partial charge is 0.206 e. The summed E-state index contributed by atoms with van der Waals surface area (Å²) in [6, 6.07) is 7.79. The number of rotatable bonds is 4. The second-order valence-electron chi connectivity index (χ2n) is 4.94. The Morgan fingerprint density at radius 3 is 2.77 bits per heavy atom. The zero-order chi connectivity index (χ0) is 15.4. The molecule has 5 nitrogen and oxygen atoms in total. The van der Waals surface area contributed by atoms with E-state index >= 15 is 0 Å². The molecule has 112 valence electrons. The predicted octanol–water partition coefficient (Wildman–Crippen LogP) is 3.40. The Morgan fingerprint density at radius 2 is 2.09 bits per heavy atom. The summed E-state index contributed by atoms with van der Waals surface area (Å²) < 4.78 is 7.30. The van der Waals surface area contributed by atoms with E-state index in [9.17, 15) is 0 Å². The molecule has 0 aliphatic heterocycles. The summed E-state index contributed by atoms with van der Waals surface area (Å²) in [5.74, 6) is 0.772. The number of aromatic nitrogens is 2. The largest absolute Gasteiger partial charge is 0.463 e. The molecule has 0 unspecified atom stereocenters. The molecule has 0 aromatic carbocycles. The van der Waals surface area contributed by atoms with Crippen LogP contribution in [0.4, 0.5) is 0 Å². The van der Waals surface area contributed by atoms with Crippen LogP contribution < -0.4 is 4.80 Å². The molecule has 0 atom stereocenters. The molecule has 22 heavy (non-hydrogen) atoms. The van der Waals surface area contributed by atoms with Gasteiger partial charge in [0.1, 0.15) is 5.69 Å². The molecule has 0 saturated heterocycles. The summed E-state index contributed by atoms with van der Waals surface area (Å²) in [4.78, 5) is 9.46. The predicted molar refractivity (Wildman–Crippen MR) is 87.9 cm³/mol. The van der Waals surface area contributed by atoms with Gasteiger partial charge in [0, 0.05) is 23.8 Å². The number of nitrogens with zero attached hydrogens (tertiary/aromatic N) is 4. The van der Waals surface area contributed by atoms with Crippen LogP contribution in [0, 0.1) is 0 Å². The SMILES string of the molecule is CC(C)N=c1scc(-c2ccco2)n1N=Cc1ccncc1. The van der Waals surface area contributed by atoms with E-state index in [0.717, 1.165) is 21.8 Å². The summed E-state index contributed by atoms with van der Waals surface area (Å²) in [6.07, 6.45) is 6.93. The van der Waals surface area contributed by atoms with E-state index in [4.69, 9.17) is 4.42 Å². The van der Waals surface area contributed by atoms with Crippen LogP contribution in [0.3, 0.4) is 0 Å². The van der Waals surface area contributed by atoms with Gasteiger partial charge in [0.25, 0.3) is 0 Å². The molecule has 0 N–H and O–H groups in total. The topological polar surface area (TPSA) is 55.7 Å². The van der Waals surface area contributed by atoms with Gasteiger partial charge in [0.05, 0.1) is 12.5 Å². The molecule has 0 aliphatic carbocycles. The third kappa shape index (κ3) is 3.23. The second-order valence-corrected chi connectivity index (χ2v) is 5.78. The van der Waals surface area contributed by atoms with Crippen LogP contribution in [-0.2, 0) is 0 Å². The van der Waals surface area contributed by atoms with Gasteiger partial charge in [0.2, 0.25) is 4.80 Å². The molecule has 3 aromatic heterocycles. The Hall–Kier alpha value is -2.47. The van der Waals surface area contributed by atoms with Crippen LogP contribution in [0.15, 0.2) is 62.8 Å². The molecule has 0 saturated carbocycles. The molecule has 6 heteroatoms. The first-order valence-corrected chi connectivity index (χ1v) is 7.84. The Labute approximate surface area is 132 Å². The summed E-state index contributed by atoms with van der Waals surface area (Å²) in [5, 5.41) is 6.57. The maximum absolute atomic E-state index is 5.49. The molecular formula is C16H16N4OS. The minimum atomic E-state index is 0.200. The van der Waals surface area contributed by atoms with E-state index in [0.29, 0.717) is 0 Å². The summed E-state index contributed by atoms with van der Waals surface area (Å²) in [7, 11) is 0. The van der Waals surface area contributed by atoms with Crippen molar-refractivity contribution in [3.05, 3.63) is 58.7 Å². The molecule has 3 rings (SSSR count). The first kappa shape index (κ1) is 14.5. The summed E-state index contributed by atoms with van der Waals surface area (Å²) >= 11 is 1.55. The van der Waals surface area contributed by atoms with Gasteiger partial charge in [-0.2, -0.15) is 5.10 Å². The highest BCUT2D eigenvalue weighted by atomic mass is 32.1. The Bertz CT molecular complexity index is 813. The van der Waals surface area contributed by atoms with Crippen molar-refractivity contribution in [3.63, 3.8) is 0 Å². The van der Waals surface area contributed by atoms with E-state index in [2.05, 4.69) is 15.1 Å². The first-order valence-electron chi connectivity index (χ1n) is 6.96. The molecule has 0 fully saturated rings. The maximum atomic E-state index is 5.49. The fourth-order valence-electron chi connectivity index (χ4n) is 1.89. The van der Waals surface area contributed by atoms with Gasteiger partial charge in [0.15, 0.2) is 5.76 Å². The maximum Gasteiger partial charge on any atom is 0.206 e. The normalized spacial score (nSPS) is 12.6. The van der Waals surface area contributed by atoms with Crippen molar-refractivity contribution >= 4 is 17.6 Å². The van der Waals surface area contributed by atoms with E-state index in [1.165, 1.54) is 0 Å². The van der Waals surface area contributed by atoms with Gasteiger partial charge in [-0.15, -0.1) is 11.3 Å². The lowest BCUT2D eigenvalue weighted by atomic mass is 10.3. The lowest BCUT2D eigenvalue weighted by molar-refractivity contribution is 0.575. The fourth-order valence-corrected chi connectivity index (χ4v) is 2.84. The molecule has 0 spiro atoms. The highest BCUT2D eigenvalue weighted by Crippen LogP contribution is 2.20. The summed E-state index contributed by atoms with van der Waals surface area (Å²) in [6.45, 7) is 4.09. The fraction of sp³-hybridized carbons (Fsp3) is 0.188. The van der Waals surface area contributed by atoms with Crippen molar-refractivity contribution in [2.24, 2.45) is 10.1 Å². The second kappa shape index (κ2) is 6.53. The lowest BCUT2D eigenvalue weighted by Gasteiger charge is -2.01. The highest BCUT2D eigenvalue weighted by Gasteiger charge is 2.09. The minimum absolute atomic E-state index is 0.200. The number of pyridine rings is 1. The Kier molecular flexibility index (Phi) is 4.29. The van der Waals surface area contributed by atoms with E-state index in [1.807, 2.05) is 48.2 Å². The zero-order valence-electron chi connectivity index (χ0n) is 12.4. The average Bonchev–Trinajstić information content (AvgIpc) is 3.15. The van der Waals surface area contributed by atoms with Crippen LogP contribution in [0.5, 0.6) is 0 Å². The van der Waals surface area contributed by atoms with Crippen molar-refractivity contribution in [3.8, 4) is 11.5 Å². The van der Waals surface area contributed by atoms with Gasteiger partial charge in [-0.05, 0) is 43.7 Å². The van der Waals surface area contributed by atoms with E-state index in [1.54, 1.807) is 36.2 Å². The lowest BCUT2D eigenvalue weighted by Crippen LogP contribution is -2.14. The number of furan rings is 1. The quantitative estimate of drug-likeness (QED) is 0.693. The molecule has 3 aromatic rings. The van der Waals surface area contributed by atoms with Gasteiger partial charge >= 0.3 is 0 Å². The minimum Gasteiger partial charge on any atom is -0.463 e. The molecule has 0 radical (unpaired) electrons. The standard InChI is InChI=1S/C16H16N4OS/c1-12(2)19-16-20(18-10-13-5-7-17-8-6-13)14(11-22-16)15-4-3-9-21-15/h3-12H,1-2H3. The Balaban J connectivity index is 2.07. The number of thiazole rings is 1. The van der Waals surface area contributed by atoms with E-state index < -0.39 is 0 Å². The molecule has 0 bridgehead atoms. The molecule has 0 amide bonds. The summed E-state index contributed by atoms with van der Waals surface area (Å²) in [5.41, 5.74) is 1.87. The zero-order valence-corrected chi connectivity index (χ0v) is 13.2. The van der Waals surface area contributed by atoms with Gasteiger partial charge < -0.3 is 4.42 Å². The monoisotopic (exact) mass is 312 g/mol. The third-order valence-corrected chi connectivity index (χ3v) is 3.69. The molecular weight excluding hydrogens is 296 g/mol. The highest BCUT2D eigenvalue weighted by molar-refractivity contribution is 7.07. The Morgan fingerprint density at radius 1 is 1.27 bits per heavy atom.